The Morgan fingerprint density at radius 1 is 1.00 bits per heavy atom. The maximum atomic E-state index is 12.9. The number of alkyl halides is 3. The van der Waals surface area contributed by atoms with Gasteiger partial charge in [-0.1, -0.05) is 24.3 Å². The number of halogens is 3. The van der Waals surface area contributed by atoms with Gasteiger partial charge in [0.15, 0.2) is 0 Å². The molecule has 0 spiro atoms. The van der Waals surface area contributed by atoms with Crippen LogP contribution in [0.15, 0.2) is 47.4 Å². The smallest absolute Gasteiger partial charge is 0.322 e. The van der Waals surface area contributed by atoms with Gasteiger partial charge in [-0.3, -0.25) is 19.7 Å². The third kappa shape index (κ3) is 3.48. The lowest BCUT2D eigenvalue weighted by Gasteiger charge is -2.29. The predicted molar refractivity (Wildman–Crippen MR) is 101 cm³/mol. The number of benzene rings is 2. The summed E-state index contributed by atoms with van der Waals surface area (Å²) < 4.78 is 62.4. The normalized spacial score (nSPS) is 19.4. The highest BCUT2D eigenvalue weighted by atomic mass is 32.2. The van der Waals surface area contributed by atoms with Gasteiger partial charge in [0, 0.05) is 18.5 Å². The molecule has 3 amide bonds. The van der Waals surface area contributed by atoms with Crippen LogP contribution in [0.2, 0.25) is 0 Å². The van der Waals surface area contributed by atoms with Gasteiger partial charge in [0.2, 0.25) is 11.8 Å². The van der Waals surface area contributed by atoms with Crippen LogP contribution < -0.4 is 5.32 Å². The van der Waals surface area contributed by atoms with E-state index >= 15 is 0 Å². The molecule has 2 heterocycles. The average Bonchev–Trinajstić information content (AvgIpc) is 3.04. The highest BCUT2D eigenvalue weighted by molar-refractivity contribution is 7.92. The van der Waals surface area contributed by atoms with Crippen molar-refractivity contribution in [3.63, 3.8) is 0 Å². The van der Waals surface area contributed by atoms with Gasteiger partial charge in [0.05, 0.1) is 4.90 Å². The van der Waals surface area contributed by atoms with Gasteiger partial charge in [-0.15, -0.1) is 0 Å². The Kier molecular flexibility index (Phi) is 4.88. The molecular formula is C20H15F3N2O5S. The molecule has 1 unspecified atom stereocenters. The van der Waals surface area contributed by atoms with Gasteiger partial charge in [0.1, 0.15) is 6.04 Å². The van der Waals surface area contributed by atoms with Crippen molar-refractivity contribution in [3.05, 3.63) is 53.6 Å². The van der Waals surface area contributed by atoms with Crippen molar-refractivity contribution < 1.29 is 36.0 Å². The highest BCUT2D eigenvalue weighted by Gasteiger charge is 2.47. The fraction of sp³-hybridized carbons (Fsp3) is 0.250. The van der Waals surface area contributed by atoms with Crippen molar-refractivity contribution in [3.8, 4) is 11.1 Å². The van der Waals surface area contributed by atoms with Crippen molar-refractivity contribution in [1.29, 1.82) is 0 Å². The van der Waals surface area contributed by atoms with E-state index in [1.165, 1.54) is 29.2 Å². The molecule has 4 rings (SSSR count). The molecule has 0 aromatic heterocycles. The van der Waals surface area contributed by atoms with Crippen LogP contribution in [-0.4, -0.2) is 42.6 Å². The molecule has 0 bridgehead atoms. The molecule has 1 atom stereocenters. The fourth-order valence-electron chi connectivity index (χ4n) is 3.82. The SMILES string of the molecule is O=C1CCC(N2Cc3c(cccc3-c3cccc(S(=O)(=O)C(F)(F)F)c3)C2=O)C(=O)N1. The van der Waals surface area contributed by atoms with Crippen LogP contribution in [0, 0.1) is 0 Å². The predicted octanol–water partition coefficient (Wildman–Crippen LogP) is 2.41. The van der Waals surface area contributed by atoms with Gasteiger partial charge in [-0.05, 0) is 41.3 Å². The Balaban J connectivity index is 1.73. The molecule has 0 radical (unpaired) electrons. The molecule has 2 aliphatic rings. The van der Waals surface area contributed by atoms with Crippen LogP contribution in [0.25, 0.3) is 11.1 Å². The van der Waals surface area contributed by atoms with Crippen molar-refractivity contribution in [2.75, 3.05) is 0 Å². The molecule has 1 saturated heterocycles. The number of rotatable bonds is 3. The van der Waals surface area contributed by atoms with Crippen LogP contribution in [0.3, 0.4) is 0 Å². The number of imide groups is 1. The van der Waals surface area contributed by atoms with E-state index in [1.54, 1.807) is 6.07 Å². The first-order valence-electron chi connectivity index (χ1n) is 9.19. The number of amides is 3. The van der Waals surface area contributed by atoms with Crippen molar-refractivity contribution in [2.24, 2.45) is 0 Å². The number of fused-ring (bicyclic) bond motifs is 1. The van der Waals surface area contributed by atoms with E-state index in [0.29, 0.717) is 11.1 Å². The minimum absolute atomic E-state index is 0.00681. The van der Waals surface area contributed by atoms with Crippen LogP contribution in [0.5, 0.6) is 0 Å². The lowest BCUT2D eigenvalue weighted by Crippen LogP contribution is -2.52. The molecular weight excluding hydrogens is 437 g/mol. The van der Waals surface area contributed by atoms with Gasteiger partial charge in [-0.25, -0.2) is 8.42 Å². The van der Waals surface area contributed by atoms with Gasteiger partial charge < -0.3 is 4.90 Å². The minimum Gasteiger partial charge on any atom is -0.322 e. The zero-order valence-corrected chi connectivity index (χ0v) is 16.6. The van der Waals surface area contributed by atoms with Gasteiger partial charge in [0.25, 0.3) is 15.7 Å². The average molecular weight is 452 g/mol. The number of nitrogens with zero attached hydrogens (tertiary/aromatic N) is 1. The van der Waals surface area contributed by atoms with Crippen molar-refractivity contribution in [1.82, 2.24) is 10.2 Å². The van der Waals surface area contributed by atoms with Crippen LogP contribution in [0.4, 0.5) is 13.2 Å². The Bertz CT molecular complexity index is 1220. The van der Waals surface area contributed by atoms with Crippen LogP contribution in [-0.2, 0) is 26.0 Å². The number of nitrogens with one attached hydrogen (secondary N) is 1. The Hall–Kier alpha value is -3.21. The second kappa shape index (κ2) is 7.19. The van der Waals surface area contributed by atoms with Crippen LogP contribution >= 0.6 is 0 Å². The Morgan fingerprint density at radius 3 is 2.35 bits per heavy atom. The number of carbonyl (C=O) groups is 3. The zero-order chi connectivity index (χ0) is 22.6. The number of piperidine rings is 1. The summed E-state index contributed by atoms with van der Waals surface area (Å²) >= 11 is 0. The first-order chi connectivity index (χ1) is 14.5. The quantitative estimate of drug-likeness (QED) is 0.721. The van der Waals surface area contributed by atoms with E-state index in [9.17, 15) is 36.0 Å². The highest BCUT2D eigenvalue weighted by Crippen LogP contribution is 2.37. The molecule has 162 valence electrons. The molecule has 2 aliphatic heterocycles. The molecule has 2 aromatic rings. The number of carbonyl (C=O) groups excluding carboxylic acids is 3. The summed E-state index contributed by atoms with van der Waals surface area (Å²) in [5.41, 5.74) is -4.12. The molecule has 31 heavy (non-hydrogen) atoms. The lowest BCUT2D eigenvalue weighted by molar-refractivity contribution is -0.136. The molecule has 0 aliphatic carbocycles. The third-order valence-electron chi connectivity index (χ3n) is 5.34. The van der Waals surface area contributed by atoms with E-state index in [1.807, 2.05) is 0 Å². The van der Waals surface area contributed by atoms with E-state index in [2.05, 4.69) is 5.32 Å². The van der Waals surface area contributed by atoms with Gasteiger partial charge >= 0.3 is 5.51 Å². The van der Waals surface area contributed by atoms with E-state index in [-0.39, 0.29) is 30.5 Å². The van der Waals surface area contributed by atoms with E-state index in [4.69, 9.17) is 0 Å². The fourth-order valence-corrected chi connectivity index (χ4v) is 4.63. The molecule has 1 N–H and O–H groups in total. The topological polar surface area (TPSA) is 101 Å². The lowest BCUT2D eigenvalue weighted by atomic mass is 9.97. The molecule has 7 nitrogen and oxygen atoms in total. The Labute approximate surface area is 174 Å². The van der Waals surface area contributed by atoms with Gasteiger partial charge in [-0.2, -0.15) is 13.2 Å². The number of hydrogen-bond acceptors (Lipinski definition) is 5. The standard InChI is InChI=1S/C20H15F3N2O5S/c21-20(22,23)31(29,30)12-4-1-3-11(9-12)13-5-2-6-14-15(13)10-25(19(14)28)16-7-8-17(26)24-18(16)27/h1-6,9,16H,7-8,10H2,(H,24,26,27). The summed E-state index contributed by atoms with van der Waals surface area (Å²) in [6.45, 7) is 0.00681. The number of sulfone groups is 1. The first kappa shape index (κ1) is 21.0. The zero-order valence-electron chi connectivity index (χ0n) is 15.8. The van der Waals surface area contributed by atoms with Crippen molar-refractivity contribution >= 4 is 27.6 Å². The maximum Gasteiger partial charge on any atom is 0.501 e. The summed E-state index contributed by atoms with van der Waals surface area (Å²) in [7, 11) is -5.53. The third-order valence-corrected chi connectivity index (χ3v) is 6.83. The molecule has 2 aromatic carbocycles. The second-order valence-corrected chi connectivity index (χ2v) is 9.15. The second-order valence-electron chi connectivity index (χ2n) is 7.21. The first-order valence-corrected chi connectivity index (χ1v) is 10.7. The van der Waals surface area contributed by atoms with E-state index in [0.717, 1.165) is 12.1 Å². The van der Waals surface area contributed by atoms with Crippen molar-refractivity contribution in [2.45, 2.75) is 35.8 Å². The number of hydrogen-bond donors (Lipinski definition) is 1. The largest absolute Gasteiger partial charge is 0.501 e. The molecule has 11 heteroatoms. The Morgan fingerprint density at radius 2 is 1.68 bits per heavy atom. The summed E-state index contributed by atoms with van der Waals surface area (Å²) in [4.78, 5) is 36.9. The molecule has 0 saturated carbocycles. The summed E-state index contributed by atoms with van der Waals surface area (Å²) in [6.07, 6.45) is 0.250. The summed E-state index contributed by atoms with van der Waals surface area (Å²) in [6, 6.07) is 8.20. The van der Waals surface area contributed by atoms with E-state index < -0.39 is 44.0 Å². The molecule has 1 fully saturated rings. The summed E-state index contributed by atoms with van der Waals surface area (Å²) in [5, 5.41) is 2.19. The maximum absolute atomic E-state index is 12.9. The minimum atomic E-state index is -5.53. The summed E-state index contributed by atoms with van der Waals surface area (Å²) in [5.74, 6) is -1.45. The monoisotopic (exact) mass is 452 g/mol. The van der Waals surface area contributed by atoms with Crippen LogP contribution in [0.1, 0.15) is 28.8 Å².